The van der Waals surface area contributed by atoms with Gasteiger partial charge in [-0.1, -0.05) is 0 Å². The summed E-state index contributed by atoms with van der Waals surface area (Å²) in [6.07, 6.45) is -0.0141. The van der Waals surface area contributed by atoms with Gasteiger partial charge in [-0.15, -0.1) is 12.4 Å². The van der Waals surface area contributed by atoms with Gasteiger partial charge in [0.15, 0.2) is 0 Å². The Balaban J connectivity index is 0.00000144. The molecule has 2 unspecified atom stereocenters. The normalized spacial score (nSPS) is 22.9. The summed E-state index contributed by atoms with van der Waals surface area (Å²) in [5, 5.41) is 24.0. The highest BCUT2D eigenvalue weighted by Crippen LogP contribution is 2.15. The van der Waals surface area contributed by atoms with Crippen molar-refractivity contribution in [2.45, 2.75) is 18.6 Å². The molecular weight excluding hydrogens is 244 g/mol. The molecular formula is C11H15ClN2O3. The molecule has 1 aliphatic rings. The summed E-state index contributed by atoms with van der Waals surface area (Å²) in [6, 6.07) is 5.92. The zero-order chi connectivity index (χ0) is 11.5. The predicted octanol–water partition coefficient (Wildman–Crippen LogP) is 0.475. The number of carbonyl (C=O) groups excluding carboxylic acids is 1. The van der Waals surface area contributed by atoms with Crippen LogP contribution in [0.1, 0.15) is 6.42 Å². The van der Waals surface area contributed by atoms with E-state index in [1.165, 1.54) is 12.1 Å². The van der Waals surface area contributed by atoms with Gasteiger partial charge in [-0.25, -0.2) is 0 Å². The van der Waals surface area contributed by atoms with Crippen LogP contribution in [-0.4, -0.2) is 34.8 Å². The number of aromatic hydroxyl groups is 1. The van der Waals surface area contributed by atoms with Gasteiger partial charge in [0.05, 0.1) is 12.1 Å². The second-order valence-electron chi connectivity index (χ2n) is 3.89. The van der Waals surface area contributed by atoms with Crippen molar-refractivity contribution in [3.05, 3.63) is 24.3 Å². The number of phenolic OH excluding ortho intramolecular Hbond substituents is 1. The Bertz CT molecular complexity index is 383. The summed E-state index contributed by atoms with van der Waals surface area (Å²) >= 11 is 0. The van der Waals surface area contributed by atoms with E-state index >= 15 is 0 Å². The zero-order valence-corrected chi connectivity index (χ0v) is 9.91. The summed E-state index contributed by atoms with van der Waals surface area (Å²) in [5.41, 5.74) is 0.631. The molecule has 1 amide bonds. The van der Waals surface area contributed by atoms with Crippen LogP contribution in [0.15, 0.2) is 24.3 Å². The molecule has 1 aliphatic heterocycles. The quantitative estimate of drug-likeness (QED) is 0.582. The van der Waals surface area contributed by atoms with E-state index in [1.807, 2.05) is 0 Å². The monoisotopic (exact) mass is 258 g/mol. The van der Waals surface area contributed by atoms with Gasteiger partial charge in [-0.3, -0.25) is 4.79 Å². The Labute approximate surface area is 105 Å². The lowest BCUT2D eigenvalue weighted by Crippen LogP contribution is -2.35. The number of phenols is 1. The van der Waals surface area contributed by atoms with Crippen molar-refractivity contribution in [1.82, 2.24) is 5.32 Å². The smallest absolute Gasteiger partial charge is 0.241 e. The Morgan fingerprint density at radius 2 is 2.00 bits per heavy atom. The van der Waals surface area contributed by atoms with Crippen molar-refractivity contribution in [2.24, 2.45) is 0 Å². The van der Waals surface area contributed by atoms with Gasteiger partial charge < -0.3 is 20.8 Å². The first kappa shape index (κ1) is 13.8. The summed E-state index contributed by atoms with van der Waals surface area (Å²) in [6.45, 7) is 0.452. The SMILES string of the molecule is Cl.O=C(Nc1ccc(O)cc1)C1CC(O)CN1. The van der Waals surface area contributed by atoms with Crippen molar-refractivity contribution in [1.29, 1.82) is 0 Å². The van der Waals surface area contributed by atoms with Crippen LogP contribution < -0.4 is 10.6 Å². The molecule has 94 valence electrons. The van der Waals surface area contributed by atoms with Crippen molar-refractivity contribution < 1.29 is 15.0 Å². The van der Waals surface area contributed by atoms with Crippen LogP contribution in [0.5, 0.6) is 5.75 Å². The van der Waals surface area contributed by atoms with E-state index in [0.717, 1.165) is 0 Å². The Morgan fingerprint density at radius 3 is 2.53 bits per heavy atom. The molecule has 0 bridgehead atoms. The molecule has 1 aromatic rings. The highest BCUT2D eigenvalue weighted by atomic mass is 35.5. The third kappa shape index (κ3) is 3.59. The van der Waals surface area contributed by atoms with E-state index < -0.39 is 6.10 Å². The van der Waals surface area contributed by atoms with Crippen molar-refractivity contribution in [3.63, 3.8) is 0 Å². The van der Waals surface area contributed by atoms with Crippen LogP contribution in [0.2, 0.25) is 0 Å². The third-order valence-electron chi connectivity index (χ3n) is 2.56. The molecule has 0 saturated carbocycles. The van der Waals surface area contributed by atoms with E-state index in [1.54, 1.807) is 12.1 Å². The van der Waals surface area contributed by atoms with Crippen LogP contribution in [0.25, 0.3) is 0 Å². The van der Waals surface area contributed by atoms with E-state index in [9.17, 15) is 9.90 Å². The summed E-state index contributed by atoms with van der Waals surface area (Å²) in [5.74, 6) is -0.00495. The summed E-state index contributed by atoms with van der Waals surface area (Å²) in [4.78, 5) is 11.7. The number of amides is 1. The van der Waals surface area contributed by atoms with Gasteiger partial charge >= 0.3 is 0 Å². The molecule has 0 radical (unpaired) electrons. The minimum atomic E-state index is -0.449. The molecule has 2 atom stereocenters. The number of hydrogen-bond donors (Lipinski definition) is 4. The molecule has 5 nitrogen and oxygen atoms in total. The number of aliphatic hydroxyl groups is 1. The van der Waals surface area contributed by atoms with Crippen LogP contribution in [0.4, 0.5) is 5.69 Å². The number of halogens is 1. The van der Waals surface area contributed by atoms with E-state index in [-0.39, 0.29) is 30.1 Å². The number of rotatable bonds is 2. The molecule has 0 spiro atoms. The molecule has 17 heavy (non-hydrogen) atoms. The summed E-state index contributed by atoms with van der Waals surface area (Å²) in [7, 11) is 0. The van der Waals surface area contributed by atoms with Gasteiger partial charge in [0, 0.05) is 12.2 Å². The van der Waals surface area contributed by atoms with Gasteiger partial charge in [0.1, 0.15) is 5.75 Å². The lowest BCUT2D eigenvalue weighted by atomic mass is 10.2. The number of benzene rings is 1. The molecule has 4 N–H and O–H groups in total. The molecule has 1 fully saturated rings. The molecule has 1 aromatic carbocycles. The average Bonchev–Trinajstić information content (AvgIpc) is 2.68. The highest BCUT2D eigenvalue weighted by Gasteiger charge is 2.27. The van der Waals surface area contributed by atoms with Crippen LogP contribution in [0.3, 0.4) is 0 Å². The maximum Gasteiger partial charge on any atom is 0.241 e. The van der Waals surface area contributed by atoms with Gasteiger partial charge in [0.2, 0.25) is 5.91 Å². The number of nitrogens with one attached hydrogen (secondary N) is 2. The Hall–Kier alpha value is -1.30. The van der Waals surface area contributed by atoms with Crippen LogP contribution in [0, 0.1) is 0 Å². The molecule has 0 aliphatic carbocycles. The summed E-state index contributed by atoms with van der Waals surface area (Å²) < 4.78 is 0. The second kappa shape index (κ2) is 5.86. The largest absolute Gasteiger partial charge is 0.508 e. The Morgan fingerprint density at radius 1 is 1.35 bits per heavy atom. The number of aliphatic hydroxyl groups excluding tert-OH is 1. The van der Waals surface area contributed by atoms with Gasteiger partial charge in [0.25, 0.3) is 0 Å². The first-order chi connectivity index (χ1) is 7.65. The fourth-order valence-corrected chi connectivity index (χ4v) is 1.69. The fraction of sp³-hybridized carbons (Fsp3) is 0.364. The standard InChI is InChI=1S/C11H14N2O3.ClH/c14-8-3-1-7(2-4-8)13-11(16)10-5-9(15)6-12-10;/h1-4,9-10,12,14-15H,5-6H2,(H,13,16);1H. The van der Waals surface area contributed by atoms with Crippen molar-refractivity contribution >= 4 is 24.0 Å². The van der Waals surface area contributed by atoms with Crippen molar-refractivity contribution in [2.75, 3.05) is 11.9 Å². The minimum Gasteiger partial charge on any atom is -0.508 e. The number of carbonyl (C=O) groups is 1. The zero-order valence-electron chi connectivity index (χ0n) is 9.09. The molecule has 0 aromatic heterocycles. The lowest BCUT2D eigenvalue weighted by molar-refractivity contribution is -0.117. The number of anilines is 1. The van der Waals surface area contributed by atoms with Crippen LogP contribution in [-0.2, 0) is 4.79 Å². The second-order valence-corrected chi connectivity index (χ2v) is 3.89. The lowest BCUT2D eigenvalue weighted by Gasteiger charge is -2.10. The molecule has 6 heteroatoms. The number of β-amino-alcohol motifs (C(OH)–C–C–N with tert-alkyl or cyclic N) is 1. The van der Waals surface area contributed by atoms with Gasteiger partial charge in [-0.05, 0) is 30.7 Å². The first-order valence-electron chi connectivity index (χ1n) is 5.16. The average molecular weight is 259 g/mol. The maximum atomic E-state index is 11.7. The molecule has 1 heterocycles. The maximum absolute atomic E-state index is 11.7. The van der Waals surface area contributed by atoms with Gasteiger partial charge in [-0.2, -0.15) is 0 Å². The fourth-order valence-electron chi connectivity index (χ4n) is 1.69. The highest BCUT2D eigenvalue weighted by molar-refractivity contribution is 5.95. The minimum absolute atomic E-state index is 0. The van der Waals surface area contributed by atoms with E-state index in [0.29, 0.717) is 18.7 Å². The first-order valence-corrected chi connectivity index (χ1v) is 5.16. The predicted molar refractivity (Wildman–Crippen MR) is 66.4 cm³/mol. The van der Waals surface area contributed by atoms with Crippen molar-refractivity contribution in [3.8, 4) is 5.75 Å². The Kier molecular flexibility index (Phi) is 4.74. The molecule has 1 saturated heterocycles. The van der Waals surface area contributed by atoms with Crippen LogP contribution >= 0.6 is 12.4 Å². The number of hydrogen-bond acceptors (Lipinski definition) is 4. The van der Waals surface area contributed by atoms with E-state index in [4.69, 9.17) is 5.11 Å². The third-order valence-corrected chi connectivity index (χ3v) is 2.56. The topological polar surface area (TPSA) is 81.6 Å². The molecule has 2 rings (SSSR count). The van der Waals surface area contributed by atoms with E-state index in [2.05, 4.69) is 10.6 Å².